The van der Waals surface area contributed by atoms with E-state index >= 15 is 0 Å². The zero-order valence-electron chi connectivity index (χ0n) is 11.9. The summed E-state index contributed by atoms with van der Waals surface area (Å²) in [5, 5.41) is 0. The molecule has 1 saturated carbocycles. The van der Waals surface area contributed by atoms with Crippen LogP contribution in [0.15, 0.2) is 30.3 Å². The smallest absolute Gasteiger partial charge is 0.244 e. The molecule has 0 unspecified atom stereocenters. The third-order valence-electron chi connectivity index (χ3n) is 4.32. The van der Waals surface area contributed by atoms with Crippen molar-refractivity contribution >= 4 is 5.91 Å². The van der Waals surface area contributed by atoms with Crippen molar-refractivity contribution in [3.63, 3.8) is 0 Å². The Hall–Kier alpha value is -1.39. The van der Waals surface area contributed by atoms with Crippen LogP contribution < -0.4 is 5.73 Å². The van der Waals surface area contributed by atoms with Crippen molar-refractivity contribution in [1.29, 1.82) is 0 Å². The molecule has 4 nitrogen and oxygen atoms in total. The molecule has 0 aromatic heterocycles. The Kier molecular flexibility index (Phi) is 4.03. The first-order chi connectivity index (χ1) is 9.74. The van der Waals surface area contributed by atoms with Gasteiger partial charge in [-0.15, -0.1) is 0 Å². The SMILES string of the molecule is N[C@H](C(=O)N1CCN(CC2CC2)CC1)c1ccccc1. The summed E-state index contributed by atoms with van der Waals surface area (Å²) in [7, 11) is 0. The third kappa shape index (κ3) is 3.19. The maximum Gasteiger partial charge on any atom is 0.244 e. The highest BCUT2D eigenvalue weighted by Crippen LogP contribution is 2.30. The first-order valence-electron chi connectivity index (χ1n) is 7.55. The monoisotopic (exact) mass is 273 g/mol. The van der Waals surface area contributed by atoms with Gasteiger partial charge in [0.25, 0.3) is 0 Å². The van der Waals surface area contributed by atoms with Crippen LogP contribution in [-0.2, 0) is 4.79 Å². The van der Waals surface area contributed by atoms with Crippen LogP contribution in [0.2, 0.25) is 0 Å². The number of nitrogens with zero attached hydrogens (tertiary/aromatic N) is 2. The molecule has 2 N–H and O–H groups in total. The number of piperazine rings is 1. The van der Waals surface area contributed by atoms with Crippen molar-refractivity contribution in [1.82, 2.24) is 9.80 Å². The fourth-order valence-corrected chi connectivity index (χ4v) is 2.82. The summed E-state index contributed by atoms with van der Waals surface area (Å²) in [6.45, 7) is 4.82. The molecule has 4 heteroatoms. The largest absolute Gasteiger partial charge is 0.338 e. The van der Waals surface area contributed by atoms with Crippen molar-refractivity contribution in [2.45, 2.75) is 18.9 Å². The van der Waals surface area contributed by atoms with Crippen LogP contribution in [0.1, 0.15) is 24.4 Å². The maximum absolute atomic E-state index is 12.4. The fourth-order valence-electron chi connectivity index (χ4n) is 2.82. The van der Waals surface area contributed by atoms with Gasteiger partial charge in [0.1, 0.15) is 6.04 Å². The number of carbonyl (C=O) groups is 1. The summed E-state index contributed by atoms with van der Waals surface area (Å²) in [6.07, 6.45) is 2.77. The summed E-state index contributed by atoms with van der Waals surface area (Å²) in [4.78, 5) is 16.8. The Balaban J connectivity index is 1.53. The van der Waals surface area contributed by atoms with E-state index in [2.05, 4.69) is 4.90 Å². The molecule has 1 aromatic rings. The molecule has 20 heavy (non-hydrogen) atoms. The Morgan fingerprint density at radius 1 is 1.15 bits per heavy atom. The normalized spacial score (nSPS) is 21.8. The highest BCUT2D eigenvalue weighted by molar-refractivity contribution is 5.83. The van der Waals surface area contributed by atoms with Crippen molar-refractivity contribution < 1.29 is 4.79 Å². The van der Waals surface area contributed by atoms with Gasteiger partial charge in [-0.2, -0.15) is 0 Å². The number of rotatable bonds is 4. The van der Waals surface area contributed by atoms with E-state index in [0.29, 0.717) is 0 Å². The molecular weight excluding hydrogens is 250 g/mol. The molecule has 0 bridgehead atoms. The molecule has 1 aliphatic heterocycles. The van der Waals surface area contributed by atoms with Crippen LogP contribution in [0.5, 0.6) is 0 Å². The topological polar surface area (TPSA) is 49.6 Å². The van der Waals surface area contributed by atoms with Gasteiger partial charge < -0.3 is 10.6 Å². The Morgan fingerprint density at radius 2 is 1.80 bits per heavy atom. The molecule has 1 aliphatic carbocycles. The van der Waals surface area contributed by atoms with Gasteiger partial charge in [0.15, 0.2) is 0 Å². The first-order valence-corrected chi connectivity index (χ1v) is 7.55. The molecule has 2 fully saturated rings. The van der Waals surface area contributed by atoms with E-state index < -0.39 is 6.04 Å². The molecule has 1 saturated heterocycles. The highest BCUT2D eigenvalue weighted by Gasteiger charge is 2.29. The third-order valence-corrected chi connectivity index (χ3v) is 4.32. The fraction of sp³-hybridized carbons (Fsp3) is 0.562. The first kappa shape index (κ1) is 13.6. The van der Waals surface area contributed by atoms with Gasteiger partial charge in [0, 0.05) is 32.7 Å². The Morgan fingerprint density at radius 3 is 2.40 bits per heavy atom. The molecule has 1 heterocycles. The minimum absolute atomic E-state index is 0.0577. The second-order valence-corrected chi connectivity index (χ2v) is 5.96. The van der Waals surface area contributed by atoms with Crippen molar-refractivity contribution in [3.05, 3.63) is 35.9 Å². The average molecular weight is 273 g/mol. The van der Waals surface area contributed by atoms with Gasteiger partial charge in [-0.05, 0) is 24.3 Å². The van der Waals surface area contributed by atoms with E-state index in [1.165, 1.54) is 19.4 Å². The van der Waals surface area contributed by atoms with Crippen LogP contribution >= 0.6 is 0 Å². The molecular formula is C16H23N3O. The van der Waals surface area contributed by atoms with Crippen molar-refractivity contribution in [2.24, 2.45) is 11.7 Å². The van der Waals surface area contributed by atoms with Crippen molar-refractivity contribution in [3.8, 4) is 0 Å². The molecule has 108 valence electrons. The molecule has 1 amide bonds. The molecule has 1 atom stereocenters. The predicted octanol–water partition coefficient (Wildman–Crippen LogP) is 1.24. The zero-order chi connectivity index (χ0) is 13.9. The van der Waals surface area contributed by atoms with Crippen LogP contribution in [0, 0.1) is 5.92 Å². The lowest BCUT2D eigenvalue weighted by molar-refractivity contribution is -0.134. The minimum Gasteiger partial charge on any atom is -0.338 e. The van der Waals surface area contributed by atoms with Gasteiger partial charge in [-0.3, -0.25) is 9.69 Å². The van der Waals surface area contributed by atoms with Gasteiger partial charge in [-0.1, -0.05) is 30.3 Å². The van der Waals surface area contributed by atoms with Gasteiger partial charge in [0.05, 0.1) is 0 Å². The van der Waals surface area contributed by atoms with Gasteiger partial charge in [0.2, 0.25) is 5.91 Å². The second-order valence-electron chi connectivity index (χ2n) is 5.96. The zero-order valence-corrected chi connectivity index (χ0v) is 11.9. The molecule has 0 radical (unpaired) electrons. The van der Waals surface area contributed by atoms with E-state index in [1.807, 2.05) is 35.2 Å². The van der Waals surface area contributed by atoms with E-state index in [4.69, 9.17) is 5.73 Å². The number of hydrogen-bond donors (Lipinski definition) is 1. The van der Waals surface area contributed by atoms with E-state index in [1.54, 1.807) is 0 Å². The molecule has 1 aromatic carbocycles. The standard InChI is InChI=1S/C16H23N3O/c17-15(14-4-2-1-3-5-14)16(20)19-10-8-18(9-11-19)12-13-6-7-13/h1-5,13,15H,6-12,17H2/t15-/m0/s1. The van der Waals surface area contributed by atoms with Gasteiger partial charge in [-0.25, -0.2) is 0 Å². The van der Waals surface area contributed by atoms with Crippen LogP contribution in [-0.4, -0.2) is 48.4 Å². The molecule has 2 aliphatic rings. The lowest BCUT2D eigenvalue weighted by Gasteiger charge is -2.36. The maximum atomic E-state index is 12.4. The second kappa shape index (κ2) is 5.94. The minimum atomic E-state index is -0.522. The van der Waals surface area contributed by atoms with E-state index in [-0.39, 0.29) is 5.91 Å². The predicted molar refractivity (Wildman–Crippen MR) is 79.1 cm³/mol. The summed E-state index contributed by atoms with van der Waals surface area (Å²) in [5.41, 5.74) is 6.99. The Labute approximate surface area is 120 Å². The average Bonchev–Trinajstić information content (AvgIpc) is 3.31. The number of carbonyl (C=O) groups excluding carboxylic acids is 1. The number of amides is 1. The summed E-state index contributed by atoms with van der Waals surface area (Å²) in [6, 6.07) is 9.12. The number of nitrogens with two attached hydrogens (primary N) is 1. The lowest BCUT2D eigenvalue weighted by atomic mass is 10.1. The number of hydrogen-bond acceptors (Lipinski definition) is 3. The molecule has 3 rings (SSSR count). The summed E-state index contributed by atoms with van der Waals surface area (Å²) in [5.74, 6) is 0.978. The Bertz CT molecular complexity index is 450. The van der Waals surface area contributed by atoms with Crippen LogP contribution in [0.3, 0.4) is 0 Å². The number of benzene rings is 1. The quantitative estimate of drug-likeness (QED) is 0.898. The van der Waals surface area contributed by atoms with E-state index in [9.17, 15) is 4.79 Å². The molecule has 0 spiro atoms. The van der Waals surface area contributed by atoms with Crippen LogP contribution in [0.4, 0.5) is 0 Å². The lowest BCUT2D eigenvalue weighted by Crippen LogP contribution is -2.51. The van der Waals surface area contributed by atoms with Gasteiger partial charge >= 0.3 is 0 Å². The summed E-state index contributed by atoms with van der Waals surface area (Å²) < 4.78 is 0. The highest BCUT2D eigenvalue weighted by atomic mass is 16.2. The van der Waals surface area contributed by atoms with Crippen molar-refractivity contribution in [2.75, 3.05) is 32.7 Å². The summed E-state index contributed by atoms with van der Waals surface area (Å²) >= 11 is 0. The van der Waals surface area contributed by atoms with E-state index in [0.717, 1.165) is 37.7 Å². The van der Waals surface area contributed by atoms with Crippen LogP contribution in [0.25, 0.3) is 0 Å².